The van der Waals surface area contributed by atoms with Crippen LogP contribution in [-0.4, -0.2) is 42.2 Å². The van der Waals surface area contributed by atoms with Crippen LogP contribution in [0.1, 0.15) is 24.5 Å². The maximum Gasteiger partial charge on any atom is 0.107 e. The van der Waals surface area contributed by atoms with Crippen LogP contribution in [0.5, 0.6) is 0 Å². The monoisotopic (exact) mass is 255 g/mol. The first-order valence-electron chi connectivity index (χ1n) is 6.03. The maximum absolute atomic E-state index is 5.71. The van der Waals surface area contributed by atoms with Crippen molar-refractivity contribution < 1.29 is 4.74 Å². The Morgan fingerprint density at radius 2 is 2.41 bits per heavy atom. The van der Waals surface area contributed by atoms with Gasteiger partial charge in [-0.2, -0.15) is 0 Å². The van der Waals surface area contributed by atoms with Crippen LogP contribution in [-0.2, 0) is 17.8 Å². The van der Waals surface area contributed by atoms with E-state index in [1.807, 2.05) is 7.05 Å². The number of aromatic nitrogens is 1. The highest BCUT2D eigenvalue weighted by Crippen LogP contribution is 2.19. The Bertz CT molecular complexity index is 364. The highest BCUT2D eigenvalue weighted by molar-refractivity contribution is 7.09. The quantitative estimate of drug-likeness (QED) is 0.884. The molecular formula is C12H21N3OS. The predicted molar refractivity (Wildman–Crippen MR) is 70.2 cm³/mol. The molecule has 5 heteroatoms. The molecule has 2 heterocycles. The zero-order chi connectivity index (χ0) is 12.3. The Kier molecular flexibility index (Phi) is 4.14. The fourth-order valence-electron chi connectivity index (χ4n) is 2.13. The van der Waals surface area contributed by atoms with E-state index in [2.05, 4.69) is 34.4 Å². The summed E-state index contributed by atoms with van der Waals surface area (Å²) in [4.78, 5) is 7.03. The number of hydrogen-bond donors (Lipinski definition) is 1. The van der Waals surface area contributed by atoms with Gasteiger partial charge in [-0.15, -0.1) is 11.3 Å². The van der Waals surface area contributed by atoms with E-state index in [1.54, 1.807) is 11.3 Å². The van der Waals surface area contributed by atoms with E-state index in [9.17, 15) is 0 Å². The number of ether oxygens (including phenoxy) is 1. The van der Waals surface area contributed by atoms with Crippen LogP contribution in [0.15, 0.2) is 5.38 Å². The second-order valence-electron chi connectivity index (χ2n) is 5.08. The first-order chi connectivity index (χ1) is 8.09. The summed E-state index contributed by atoms with van der Waals surface area (Å²) in [5.74, 6) is 0. The molecule has 1 aromatic heterocycles. The molecule has 96 valence electrons. The van der Waals surface area contributed by atoms with Crippen molar-refractivity contribution in [2.75, 3.05) is 26.7 Å². The van der Waals surface area contributed by atoms with E-state index in [0.717, 1.165) is 37.8 Å². The number of nitrogens with one attached hydrogen (secondary N) is 1. The summed E-state index contributed by atoms with van der Waals surface area (Å²) in [5.41, 5.74) is 1.15. The Morgan fingerprint density at radius 3 is 3.12 bits per heavy atom. The molecule has 1 aliphatic heterocycles. The van der Waals surface area contributed by atoms with Gasteiger partial charge in [0.25, 0.3) is 0 Å². The van der Waals surface area contributed by atoms with Crippen LogP contribution in [0.4, 0.5) is 0 Å². The minimum atomic E-state index is -0.0257. The predicted octanol–water partition coefficient (Wildman–Crippen LogP) is 1.47. The zero-order valence-electron chi connectivity index (χ0n) is 10.8. The normalized spacial score (nSPS) is 20.6. The lowest BCUT2D eigenvalue weighted by atomic mass is 10.1. The van der Waals surface area contributed by atoms with E-state index in [-0.39, 0.29) is 5.60 Å². The molecule has 0 unspecified atom stereocenters. The largest absolute Gasteiger partial charge is 0.373 e. The third-order valence-electron chi connectivity index (χ3n) is 2.82. The standard InChI is InChI=1S/C12H21N3OS/c1-12(2)9-15(4-5-16-12)7-10-8-17-11(14-10)6-13-3/h8,13H,4-7,9H2,1-3H3. The summed E-state index contributed by atoms with van der Waals surface area (Å²) in [7, 11) is 1.95. The van der Waals surface area contributed by atoms with Crippen LogP contribution in [0.3, 0.4) is 0 Å². The second-order valence-corrected chi connectivity index (χ2v) is 6.02. The van der Waals surface area contributed by atoms with Gasteiger partial charge in [0.05, 0.1) is 17.9 Å². The van der Waals surface area contributed by atoms with Crippen molar-refractivity contribution in [3.05, 3.63) is 16.1 Å². The Morgan fingerprint density at radius 1 is 1.59 bits per heavy atom. The first-order valence-corrected chi connectivity index (χ1v) is 6.91. The van der Waals surface area contributed by atoms with Crippen molar-refractivity contribution >= 4 is 11.3 Å². The molecule has 0 amide bonds. The van der Waals surface area contributed by atoms with E-state index in [4.69, 9.17) is 4.74 Å². The average molecular weight is 255 g/mol. The van der Waals surface area contributed by atoms with Crippen molar-refractivity contribution in [1.82, 2.24) is 15.2 Å². The van der Waals surface area contributed by atoms with Crippen molar-refractivity contribution in [3.8, 4) is 0 Å². The molecule has 0 spiro atoms. The molecule has 0 atom stereocenters. The van der Waals surface area contributed by atoms with Crippen LogP contribution in [0.2, 0.25) is 0 Å². The lowest BCUT2D eigenvalue weighted by Crippen LogP contribution is -2.47. The molecule has 0 aliphatic carbocycles. The Hall–Kier alpha value is -0.490. The number of morpholine rings is 1. The number of thiazole rings is 1. The maximum atomic E-state index is 5.71. The molecule has 0 aromatic carbocycles. The van der Waals surface area contributed by atoms with Gasteiger partial charge < -0.3 is 10.1 Å². The van der Waals surface area contributed by atoms with E-state index < -0.39 is 0 Å². The molecule has 0 saturated carbocycles. The molecule has 2 rings (SSSR count). The number of rotatable bonds is 4. The minimum Gasteiger partial charge on any atom is -0.373 e. The van der Waals surface area contributed by atoms with E-state index >= 15 is 0 Å². The Balaban J connectivity index is 1.91. The Labute approximate surface area is 107 Å². The average Bonchev–Trinajstić information content (AvgIpc) is 2.64. The number of hydrogen-bond acceptors (Lipinski definition) is 5. The van der Waals surface area contributed by atoms with Gasteiger partial charge in [-0.3, -0.25) is 4.90 Å². The molecule has 0 radical (unpaired) electrons. The summed E-state index contributed by atoms with van der Waals surface area (Å²) in [6.45, 7) is 8.89. The fraction of sp³-hybridized carbons (Fsp3) is 0.750. The summed E-state index contributed by atoms with van der Waals surface area (Å²) in [6.07, 6.45) is 0. The fourth-order valence-corrected chi connectivity index (χ4v) is 2.93. The van der Waals surface area contributed by atoms with Gasteiger partial charge in [0.1, 0.15) is 5.01 Å². The van der Waals surface area contributed by atoms with Gasteiger partial charge in [0.15, 0.2) is 0 Å². The SMILES string of the molecule is CNCc1nc(CN2CCOC(C)(C)C2)cs1. The molecule has 1 aliphatic rings. The van der Waals surface area contributed by atoms with Gasteiger partial charge in [-0.05, 0) is 20.9 Å². The van der Waals surface area contributed by atoms with E-state index in [0.29, 0.717) is 0 Å². The summed E-state index contributed by atoms with van der Waals surface area (Å²) < 4.78 is 5.71. The topological polar surface area (TPSA) is 37.4 Å². The van der Waals surface area contributed by atoms with Crippen molar-refractivity contribution in [3.63, 3.8) is 0 Å². The van der Waals surface area contributed by atoms with Crippen molar-refractivity contribution in [2.24, 2.45) is 0 Å². The summed E-state index contributed by atoms with van der Waals surface area (Å²) in [6, 6.07) is 0. The molecule has 4 nitrogen and oxygen atoms in total. The number of nitrogens with zero attached hydrogens (tertiary/aromatic N) is 2. The first kappa shape index (κ1) is 13.0. The summed E-state index contributed by atoms with van der Waals surface area (Å²) in [5, 5.41) is 6.45. The molecule has 1 aromatic rings. The molecule has 1 N–H and O–H groups in total. The molecule has 1 saturated heterocycles. The highest BCUT2D eigenvalue weighted by Gasteiger charge is 2.27. The lowest BCUT2D eigenvalue weighted by Gasteiger charge is -2.37. The van der Waals surface area contributed by atoms with Crippen LogP contribution in [0.25, 0.3) is 0 Å². The van der Waals surface area contributed by atoms with Gasteiger partial charge in [0.2, 0.25) is 0 Å². The third-order valence-corrected chi connectivity index (χ3v) is 3.72. The molecule has 17 heavy (non-hydrogen) atoms. The van der Waals surface area contributed by atoms with Crippen LogP contribution in [0, 0.1) is 0 Å². The van der Waals surface area contributed by atoms with Gasteiger partial charge in [-0.1, -0.05) is 0 Å². The van der Waals surface area contributed by atoms with E-state index in [1.165, 1.54) is 5.69 Å². The molecular weight excluding hydrogens is 234 g/mol. The van der Waals surface area contributed by atoms with Gasteiger partial charge in [0, 0.05) is 31.6 Å². The van der Waals surface area contributed by atoms with Crippen LogP contribution >= 0.6 is 11.3 Å². The summed E-state index contributed by atoms with van der Waals surface area (Å²) >= 11 is 1.73. The van der Waals surface area contributed by atoms with Crippen LogP contribution < -0.4 is 5.32 Å². The van der Waals surface area contributed by atoms with Gasteiger partial charge >= 0.3 is 0 Å². The van der Waals surface area contributed by atoms with Crippen molar-refractivity contribution in [2.45, 2.75) is 32.5 Å². The highest BCUT2D eigenvalue weighted by atomic mass is 32.1. The second kappa shape index (κ2) is 5.44. The minimum absolute atomic E-state index is 0.0257. The third kappa shape index (κ3) is 3.74. The lowest BCUT2D eigenvalue weighted by molar-refractivity contribution is -0.0884. The smallest absolute Gasteiger partial charge is 0.107 e. The van der Waals surface area contributed by atoms with Crippen molar-refractivity contribution in [1.29, 1.82) is 0 Å². The molecule has 1 fully saturated rings. The zero-order valence-corrected chi connectivity index (χ0v) is 11.6. The van der Waals surface area contributed by atoms with Gasteiger partial charge in [-0.25, -0.2) is 4.98 Å². The molecule has 0 bridgehead atoms.